The van der Waals surface area contributed by atoms with Gasteiger partial charge in [0.15, 0.2) is 5.13 Å². The molecule has 1 aliphatic heterocycles. The summed E-state index contributed by atoms with van der Waals surface area (Å²) in [6.45, 7) is 0. The van der Waals surface area contributed by atoms with Crippen LogP contribution in [-0.4, -0.2) is 10.9 Å². The number of carbonyl (C=O) groups excluding carboxylic acids is 1. The molecule has 2 aromatic rings. The summed E-state index contributed by atoms with van der Waals surface area (Å²) in [5.41, 5.74) is 5.48. The summed E-state index contributed by atoms with van der Waals surface area (Å²) < 4.78 is 27.7. The molecule has 7 heteroatoms. The third-order valence-corrected chi connectivity index (χ3v) is 3.98. The second-order valence-electron chi connectivity index (χ2n) is 4.21. The molecule has 0 saturated heterocycles. The largest absolute Gasteiger partial charge is 0.375 e. The molecule has 0 bridgehead atoms. The first-order valence-electron chi connectivity index (χ1n) is 5.56. The highest BCUT2D eigenvalue weighted by molar-refractivity contribution is 7.16. The van der Waals surface area contributed by atoms with E-state index in [1.165, 1.54) is 18.2 Å². The Labute approximate surface area is 111 Å². The third kappa shape index (κ3) is 1.95. The number of fused-ring (bicyclic) bond motifs is 1. The van der Waals surface area contributed by atoms with E-state index in [4.69, 9.17) is 5.73 Å². The maximum atomic E-state index is 13.8. The molecular weight excluding hydrogens is 272 g/mol. The minimum atomic E-state index is -0.681. The Hall–Kier alpha value is -2.02. The Balaban J connectivity index is 2.18. The molecule has 1 aromatic carbocycles. The lowest BCUT2D eigenvalue weighted by atomic mass is 9.91. The molecule has 1 aliphatic rings. The summed E-state index contributed by atoms with van der Waals surface area (Å²) in [4.78, 5) is 16.1. The zero-order valence-corrected chi connectivity index (χ0v) is 10.4. The van der Waals surface area contributed by atoms with E-state index in [2.05, 4.69) is 10.3 Å². The first kappa shape index (κ1) is 12.0. The highest BCUT2D eigenvalue weighted by Gasteiger charge is 2.33. The fraction of sp³-hybridized carbons (Fsp3) is 0.167. The molecule has 0 radical (unpaired) electrons. The van der Waals surface area contributed by atoms with Gasteiger partial charge in [-0.3, -0.25) is 4.79 Å². The quantitative estimate of drug-likeness (QED) is 0.843. The monoisotopic (exact) mass is 281 g/mol. The summed E-state index contributed by atoms with van der Waals surface area (Å²) in [6, 6.07) is 3.64. The molecule has 0 aliphatic carbocycles. The van der Waals surface area contributed by atoms with Gasteiger partial charge in [0.25, 0.3) is 0 Å². The van der Waals surface area contributed by atoms with Gasteiger partial charge in [0.05, 0.1) is 4.88 Å². The maximum Gasteiger partial charge on any atom is 0.226 e. The Morgan fingerprint density at radius 3 is 2.74 bits per heavy atom. The van der Waals surface area contributed by atoms with Crippen LogP contribution in [0.25, 0.3) is 0 Å². The number of nitrogens with zero attached hydrogens (tertiary/aromatic N) is 1. The van der Waals surface area contributed by atoms with Gasteiger partial charge in [0.1, 0.15) is 17.5 Å². The SMILES string of the molecule is Nc1nc2c(s1)[C@@H](c1c(F)cccc1F)CC(=O)N2. The van der Waals surface area contributed by atoms with Crippen molar-refractivity contribution < 1.29 is 13.6 Å². The first-order valence-corrected chi connectivity index (χ1v) is 6.38. The van der Waals surface area contributed by atoms with Crippen molar-refractivity contribution in [1.29, 1.82) is 0 Å². The smallest absolute Gasteiger partial charge is 0.226 e. The Morgan fingerprint density at radius 2 is 2.05 bits per heavy atom. The molecule has 4 nitrogen and oxygen atoms in total. The number of nitrogens with one attached hydrogen (secondary N) is 1. The van der Waals surface area contributed by atoms with E-state index in [0.29, 0.717) is 10.7 Å². The second-order valence-corrected chi connectivity index (χ2v) is 5.27. The molecule has 1 atom stereocenters. The van der Waals surface area contributed by atoms with Crippen LogP contribution in [0.1, 0.15) is 22.8 Å². The molecule has 1 amide bonds. The fourth-order valence-electron chi connectivity index (χ4n) is 2.21. The third-order valence-electron chi connectivity index (χ3n) is 2.98. The molecule has 0 saturated carbocycles. The summed E-state index contributed by atoms with van der Waals surface area (Å²) >= 11 is 1.13. The lowest BCUT2D eigenvalue weighted by molar-refractivity contribution is -0.116. The minimum absolute atomic E-state index is 0.0213. The molecule has 2 heterocycles. The predicted molar refractivity (Wildman–Crippen MR) is 68.0 cm³/mol. The van der Waals surface area contributed by atoms with Crippen molar-refractivity contribution in [3.05, 3.63) is 40.3 Å². The molecule has 0 fully saturated rings. The van der Waals surface area contributed by atoms with Crippen LogP contribution in [0.2, 0.25) is 0 Å². The molecule has 0 spiro atoms. The fourth-order valence-corrected chi connectivity index (χ4v) is 3.11. The van der Waals surface area contributed by atoms with Crippen LogP contribution in [0.5, 0.6) is 0 Å². The molecular formula is C12H9F2N3OS. The predicted octanol–water partition coefficient (Wildman–Crippen LogP) is 2.48. The lowest BCUT2D eigenvalue weighted by Gasteiger charge is -2.22. The van der Waals surface area contributed by atoms with Crippen LogP contribution < -0.4 is 11.1 Å². The molecule has 1 aromatic heterocycles. The second kappa shape index (κ2) is 4.27. The van der Waals surface area contributed by atoms with Crippen LogP contribution in [0.3, 0.4) is 0 Å². The normalized spacial score (nSPS) is 18.0. The topological polar surface area (TPSA) is 68.0 Å². The van der Waals surface area contributed by atoms with Gasteiger partial charge < -0.3 is 11.1 Å². The standard InChI is InChI=1S/C12H9F2N3OS/c13-6-2-1-3-7(14)9(6)5-4-8(18)16-11-10(5)19-12(15)17-11/h1-3,5H,4H2,(H2,15,17)(H,16,18)/t5-/m1/s1. The Bertz CT molecular complexity index is 651. The highest BCUT2D eigenvalue weighted by atomic mass is 32.1. The van der Waals surface area contributed by atoms with Gasteiger partial charge in [0.2, 0.25) is 5.91 Å². The van der Waals surface area contributed by atoms with E-state index in [-0.39, 0.29) is 23.0 Å². The average molecular weight is 281 g/mol. The summed E-state index contributed by atoms with van der Waals surface area (Å²) in [7, 11) is 0. The van der Waals surface area contributed by atoms with Gasteiger partial charge in [0, 0.05) is 17.9 Å². The summed E-state index contributed by atoms with van der Waals surface area (Å²) in [5.74, 6) is -2.05. The highest BCUT2D eigenvalue weighted by Crippen LogP contribution is 2.42. The van der Waals surface area contributed by atoms with Gasteiger partial charge in [-0.1, -0.05) is 17.4 Å². The number of nitrogen functional groups attached to an aromatic ring is 1. The van der Waals surface area contributed by atoms with Gasteiger partial charge in [-0.15, -0.1) is 0 Å². The van der Waals surface area contributed by atoms with Crippen LogP contribution in [0, 0.1) is 11.6 Å². The maximum absolute atomic E-state index is 13.8. The Morgan fingerprint density at radius 1 is 1.37 bits per heavy atom. The zero-order valence-electron chi connectivity index (χ0n) is 9.61. The van der Waals surface area contributed by atoms with Gasteiger partial charge >= 0.3 is 0 Å². The van der Waals surface area contributed by atoms with Crippen molar-refractivity contribution in [2.45, 2.75) is 12.3 Å². The molecule has 3 N–H and O–H groups in total. The van der Waals surface area contributed by atoms with Crippen LogP contribution in [0.4, 0.5) is 19.7 Å². The number of amides is 1. The summed E-state index contributed by atoms with van der Waals surface area (Å²) in [5, 5.41) is 2.81. The van der Waals surface area contributed by atoms with E-state index in [1.807, 2.05) is 0 Å². The first-order chi connectivity index (χ1) is 9.06. The zero-order chi connectivity index (χ0) is 13.6. The number of hydrogen-bond donors (Lipinski definition) is 2. The molecule has 0 unspecified atom stereocenters. The number of thiazole rings is 1. The number of rotatable bonds is 1. The summed E-state index contributed by atoms with van der Waals surface area (Å²) in [6.07, 6.45) is -0.0213. The van der Waals surface area contributed by atoms with E-state index in [9.17, 15) is 13.6 Å². The molecule has 19 heavy (non-hydrogen) atoms. The Kier molecular flexibility index (Phi) is 2.70. The van der Waals surface area contributed by atoms with E-state index < -0.39 is 17.6 Å². The van der Waals surface area contributed by atoms with E-state index >= 15 is 0 Å². The van der Waals surface area contributed by atoms with Crippen molar-refractivity contribution >= 4 is 28.2 Å². The number of benzene rings is 1. The van der Waals surface area contributed by atoms with Gasteiger partial charge in [-0.25, -0.2) is 13.8 Å². The number of anilines is 2. The number of aromatic nitrogens is 1. The minimum Gasteiger partial charge on any atom is -0.375 e. The lowest BCUT2D eigenvalue weighted by Crippen LogP contribution is -2.23. The van der Waals surface area contributed by atoms with Crippen LogP contribution >= 0.6 is 11.3 Å². The van der Waals surface area contributed by atoms with Crippen molar-refractivity contribution in [2.24, 2.45) is 0 Å². The van der Waals surface area contributed by atoms with Crippen LogP contribution in [0.15, 0.2) is 18.2 Å². The van der Waals surface area contributed by atoms with Crippen molar-refractivity contribution in [3.63, 3.8) is 0 Å². The van der Waals surface area contributed by atoms with Crippen LogP contribution in [-0.2, 0) is 4.79 Å². The van der Waals surface area contributed by atoms with Gasteiger partial charge in [-0.2, -0.15) is 0 Å². The van der Waals surface area contributed by atoms with E-state index in [0.717, 1.165) is 11.3 Å². The molecule has 3 rings (SSSR count). The van der Waals surface area contributed by atoms with Crippen molar-refractivity contribution in [3.8, 4) is 0 Å². The molecule has 98 valence electrons. The van der Waals surface area contributed by atoms with E-state index in [1.54, 1.807) is 0 Å². The average Bonchev–Trinajstić information content (AvgIpc) is 2.69. The van der Waals surface area contributed by atoms with Crippen molar-refractivity contribution in [1.82, 2.24) is 4.98 Å². The van der Waals surface area contributed by atoms with Crippen molar-refractivity contribution in [2.75, 3.05) is 11.1 Å². The number of hydrogen-bond acceptors (Lipinski definition) is 4. The number of halogens is 2. The number of carbonyl (C=O) groups is 1. The number of nitrogens with two attached hydrogens (primary N) is 1. The van der Waals surface area contributed by atoms with Gasteiger partial charge in [-0.05, 0) is 12.1 Å².